The number of halogens is 1. The van der Waals surface area contributed by atoms with Crippen LogP contribution in [0.2, 0.25) is 0 Å². The third-order valence-electron chi connectivity index (χ3n) is 9.95. The lowest BCUT2D eigenvalue weighted by molar-refractivity contribution is -0.192. The Labute approximate surface area is 182 Å². The monoisotopic (exact) mass is 434 g/mol. The van der Waals surface area contributed by atoms with Gasteiger partial charge in [-0.3, -0.25) is 14.4 Å². The van der Waals surface area contributed by atoms with E-state index in [0.29, 0.717) is 12.3 Å². The topological polar surface area (TPSA) is 80.7 Å². The van der Waals surface area contributed by atoms with E-state index >= 15 is 0 Å². The molecule has 5 aliphatic rings. The van der Waals surface area contributed by atoms with Crippen molar-refractivity contribution < 1.29 is 24.2 Å². The van der Waals surface area contributed by atoms with Crippen LogP contribution in [0.5, 0.6) is 0 Å². The fourth-order valence-corrected chi connectivity index (χ4v) is 8.95. The SMILES string of the molecule is CC(=O)O[C@]1(C(C)=O)CC[C@H]2[C@@H]3[C@H](O)[C@@H](Cl)C4=CC(=O)[C@@H]5C[C@@H]5[C@]4(C)[C@H]3CC[C@@]21C. The number of hydrogen-bond donors (Lipinski definition) is 1. The van der Waals surface area contributed by atoms with E-state index in [1.165, 1.54) is 13.8 Å². The average Bonchev–Trinajstić information content (AvgIpc) is 3.43. The number of esters is 1. The molecular formula is C24H31ClO5. The van der Waals surface area contributed by atoms with Gasteiger partial charge >= 0.3 is 5.97 Å². The summed E-state index contributed by atoms with van der Waals surface area (Å²) in [5.74, 6) is 0.230. The molecule has 6 heteroatoms. The van der Waals surface area contributed by atoms with Gasteiger partial charge in [-0.05, 0) is 79.8 Å². The Balaban J connectivity index is 1.59. The Hall–Kier alpha value is -1.20. The highest BCUT2D eigenvalue weighted by Crippen LogP contribution is 2.73. The zero-order valence-corrected chi connectivity index (χ0v) is 18.9. The second-order valence-corrected chi connectivity index (χ2v) is 11.4. The minimum atomic E-state index is -1.13. The quantitative estimate of drug-likeness (QED) is 0.531. The maximum atomic E-state index is 12.8. The number of fused-ring (bicyclic) bond motifs is 7. The summed E-state index contributed by atoms with van der Waals surface area (Å²) in [6, 6.07) is 0. The van der Waals surface area contributed by atoms with Gasteiger partial charge in [0.05, 0.1) is 11.5 Å². The molecule has 5 aliphatic carbocycles. The molecule has 0 radical (unpaired) electrons. The Kier molecular flexibility index (Phi) is 4.27. The number of aliphatic hydroxyl groups excluding tert-OH is 1. The van der Waals surface area contributed by atoms with E-state index in [1.54, 1.807) is 6.08 Å². The zero-order valence-electron chi connectivity index (χ0n) is 18.1. The average molecular weight is 435 g/mol. The molecule has 0 aliphatic heterocycles. The highest BCUT2D eigenvalue weighted by Gasteiger charge is 2.73. The van der Waals surface area contributed by atoms with Crippen LogP contribution in [0.15, 0.2) is 11.6 Å². The number of carbonyl (C=O) groups is 3. The highest BCUT2D eigenvalue weighted by atomic mass is 35.5. The number of Topliss-reactive ketones (excluding diaryl/α,β-unsaturated/α-hetero) is 1. The van der Waals surface area contributed by atoms with E-state index in [0.717, 1.165) is 31.3 Å². The molecule has 0 spiro atoms. The fourth-order valence-electron chi connectivity index (χ4n) is 8.48. The van der Waals surface area contributed by atoms with Gasteiger partial charge in [-0.1, -0.05) is 13.8 Å². The molecule has 1 N–H and O–H groups in total. The summed E-state index contributed by atoms with van der Waals surface area (Å²) in [5.41, 5.74) is -0.911. The van der Waals surface area contributed by atoms with E-state index in [-0.39, 0.29) is 40.7 Å². The molecule has 5 nitrogen and oxygen atoms in total. The molecule has 0 unspecified atom stereocenters. The number of aliphatic hydroxyl groups is 1. The third-order valence-corrected chi connectivity index (χ3v) is 10.4. The second-order valence-electron chi connectivity index (χ2n) is 10.9. The van der Waals surface area contributed by atoms with Gasteiger partial charge in [0.25, 0.3) is 0 Å². The molecule has 4 saturated carbocycles. The maximum absolute atomic E-state index is 12.8. The lowest BCUT2D eigenvalue weighted by Crippen LogP contribution is -2.63. The number of rotatable bonds is 2. The van der Waals surface area contributed by atoms with Crippen LogP contribution in [-0.2, 0) is 19.1 Å². The number of carbonyl (C=O) groups excluding carboxylic acids is 3. The van der Waals surface area contributed by atoms with Crippen LogP contribution < -0.4 is 0 Å². The fraction of sp³-hybridized carbons (Fsp3) is 0.792. The third kappa shape index (κ3) is 2.26. The van der Waals surface area contributed by atoms with Crippen molar-refractivity contribution in [3.05, 3.63) is 11.6 Å². The van der Waals surface area contributed by atoms with Gasteiger partial charge in [0.1, 0.15) is 0 Å². The Morgan fingerprint density at radius 1 is 1.13 bits per heavy atom. The van der Waals surface area contributed by atoms with Crippen LogP contribution >= 0.6 is 11.6 Å². The summed E-state index contributed by atoms with van der Waals surface area (Å²) in [5, 5.41) is 10.8. The van der Waals surface area contributed by atoms with Crippen LogP contribution in [0.1, 0.15) is 59.8 Å². The van der Waals surface area contributed by atoms with E-state index in [9.17, 15) is 19.5 Å². The Bertz CT molecular complexity index is 881. The summed E-state index contributed by atoms with van der Waals surface area (Å²) >= 11 is 6.83. The predicted molar refractivity (Wildman–Crippen MR) is 111 cm³/mol. The summed E-state index contributed by atoms with van der Waals surface area (Å²) in [4.78, 5) is 37.2. The van der Waals surface area contributed by atoms with Crippen LogP contribution in [0.4, 0.5) is 0 Å². The number of hydrogen-bond acceptors (Lipinski definition) is 5. The Morgan fingerprint density at radius 2 is 1.80 bits per heavy atom. The molecule has 0 bridgehead atoms. The van der Waals surface area contributed by atoms with E-state index in [1.807, 2.05) is 0 Å². The van der Waals surface area contributed by atoms with E-state index in [2.05, 4.69) is 13.8 Å². The van der Waals surface area contributed by atoms with E-state index < -0.39 is 28.5 Å². The predicted octanol–water partition coefficient (Wildman–Crippen LogP) is 3.45. The zero-order chi connectivity index (χ0) is 21.8. The van der Waals surface area contributed by atoms with Crippen molar-refractivity contribution in [3.63, 3.8) is 0 Å². The van der Waals surface area contributed by atoms with Crippen molar-refractivity contribution in [3.8, 4) is 0 Å². The largest absolute Gasteiger partial charge is 0.451 e. The normalized spacial score (nSPS) is 53.6. The van der Waals surface area contributed by atoms with Crippen molar-refractivity contribution in [1.29, 1.82) is 0 Å². The van der Waals surface area contributed by atoms with Crippen molar-refractivity contribution in [1.82, 2.24) is 0 Å². The molecule has 30 heavy (non-hydrogen) atoms. The first kappa shape index (κ1) is 20.7. The molecule has 0 heterocycles. The molecule has 0 amide bonds. The van der Waals surface area contributed by atoms with Gasteiger partial charge in [0.15, 0.2) is 17.2 Å². The smallest absolute Gasteiger partial charge is 0.303 e. The molecule has 0 saturated heterocycles. The summed E-state index contributed by atoms with van der Waals surface area (Å²) < 4.78 is 5.79. The van der Waals surface area contributed by atoms with E-state index in [4.69, 9.17) is 16.3 Å². The van der Waals surface area contributed by atoms with Gasteiger partial charge < -0.3 is 9.84 Å². The molecule has 0 aromatic carbocycles. The number of ketones is 2. The van der Waals surface area contributed by atoms with Crippen molar-refractivity contribution >= 4 is 29.1 Å². The van der Waals surface area contributed by atoms with Crippen LogP contribution in [-0.4, -0.2) is 39.7 Å². The van der Waals surface area contributed by atoms with Gasteiger partial charge in [0.2, 0.25) is 0 Å². The lowest BCUT2D eigenvalue weighted by Gasteiger charge is -2.61. The number of ether oxygens (including phenoxy) is 1. The molecule has 4 fully saturated rings. The van der Waals surface area contributed by atoms with Crippen molar-refractivity contribution in [2.45, 2.75) is 76.9 Å². The first-order valence-electron chi connectivity index (χ1n) is 11.3. The van der Waals surface area contributed by atoms with Gasteiger partial charge in [0, 0.05) is 18.3 Å². The summed E-state index contributed by atoms with van der Waals surface area (Å²) in [6.45, 7) is 7.20. The first-order chi connectivity index (χ1) is 14.0. The molecular weight excluding hydrogens is 404 g/mol. The van der Waals surface area contributed by atoms with Crippen LogP contribution in [0.3, 0.4) is 0 Å². The van der Waals surface area contributed by atoms with Gasteiger partial charge in [-0.25, -0.2) is 0 Å². The van der Waals surface area contributed by atoms with Crippen LogP contribution in [0, 0.1) is 40.4 Å². The number of alkyl halides is 1. The minimum Gasteiger partial charge on any atom is -0.451 e. The first-order valence-corrected chi connectivity index (χ1v) is 11.7. The molecule has 5 rings (SSSR count). The molecule has 10 atom stereocenters. The minimum absolute atomic E-state index is 0.0453. The molecule has 0 aromatic rings. The second kappa shape index (κ2) is 6.19. The maximum Gasteiger partial charge on any atom is 0.303 e. The van der Waals surface area contributed by atoms with Gasteiger partial charge in [-0.15, -0.1) is 11.6 Å². The standard InChI is InChI=1S/C24H31ClO5/c1-11(26)24(30-12(2)27)8-6-14-19-15(5-7-22(14,24)3)23(4)16-9-13(16)18(28)10-17(23)20(25)21(19)29/h10,13-16,19-21,29H,5-9H2,1-4H3/t13-,14+,15+,16+,19+,20+,21+,22+,23+,24+/m1/s1. The molecule has 164 valence electrons. The summed E-state index contributed by atoms with van der Waals surface area (Å²) in [6.07, 6.45) is 4.68. The summed E-state index contributed by atoms with van der Waals surface area (Å²) in [7, 11) is 0. The van der Waals surface area contributed by atoms with Crippen LogP contribution in [0.25, 0.3) is 0 Å². The highest BCUT2D eigenvalue weighted by molar-refractivity contribution is 6.23. The van der Waals surface area contributed by atoms with Crippen molar-refractivity contribution in [2.75, 3.05) is 0 Å². The lowest BCUT2D eigenvalue weighted by atomic mass is 9.45. The Morgan fingerprint density at radius 3 is 2.43 bits per heavy atom. The van der Waals surface area contributed by atoms with Crippen molar-refractivity contribution in [2.24, 2.45) is 40.4 Å². The molecule has 0 aromatic heterocycles. The van der Waals surface area contributed by atoms with Gasteiger partial charge in [-0.2, -0.15) is 0 Å².